The van der Waals surface area contributed by atoms with Crippen LogP contribution in [-0.2, 0) is 25.6 Å². The van der Waals surface area contributed by atoms with Gasteiger partial charge < -0.3 is 46.7 Å². The van der Waals surface area contributed by atoms with E-state index in [1.165, 1.54) is 20.8 Å². The fourth-order valence-corrected chi connectivity index (χ4v) is 16.1. The standard InChI is InChI=1S/C13H38N2O8Si4/c1-7-20-24(4,12-8-10-14)21-26(6,19-3)23-27(17,13-9-11-15)22-25(5,16)18-2/h16-17H,7-15H2,1-6H3. The monoisotopic (exact) mass is 462 g/mol. The Morgan fingerprint density at radius 1 is 0.815 bits per heavy atom. The lowest BCUT2D eigenvalue weighted by atomic mass is 10.5. The molecule has 0 aliphatic rings. The van der Waals surface area contributed by atoms with E-state index in [0.717, 1.165) is 6.42 Å². The van der Waals surface area contributed by atoms with Crippen LogP contribution in [-0.4, -0.2) is 78.5 Å². The van der Waals surface area contributed by atoms with Crippen LogP contribution in [0.25, 0.3) is 0 Å². The van der Waals surface area contributed by atoms with Crippen molar-refractivity contribution >= 4 is 35.0 Å². The Bertz CT molecular complexity index is 428. The normalized spacial score (nSPS) is 21.1. The minimum atomic E-state index is -3.88. The minimum absolute atomic E-state index is 0.154. The second-order valence-corrected chi connectivity index (χ2v) is 18.3. The summed E-state index contributed by atoms with van der Waals surface area (Å²) in [6.07, 6.45) is 1.20. The Kier molecular flexibility index (Phi) is 12.4. The summed E-state index contributed by atoms with van der Waals surface area (Å²) in [5, 5.41) is 0. The molecule has 4 atom stereocenters. The molecule has 0 aliphatic carbocycles. The molecule has 0 aliphatic heterocycles. The zero-order valence-corrected chi connectivity index (χ0v) is 21.4. The predicted octanol–water partition coefficient (Wildman–Crippen LogP) is 0.196. The van der Waals surface area contributed by atoms with Crippen LogP contribution in [0.1, 0.15) is 19.8 Å². The average Bonchev–Trinajstić information content (AvgIpc) is 2.57. The van der Waals surface area contributed by atoms with E-state index in [-0.39, 0.29) is 6.04 Å². The third-order valence-corrected chi connectivity index (χ3v) is 17.2. The molecule has 164 valence electrons. The lowest BCUT2D eigenvalue weighted by Crippen LogP contribution is -2.63. The van der Waals surface area contributed by atoms with Gasteiger partial charge in [0.05, 0.1) is 0 Å². The first-order valence-corrected chi connectivity index (χ1v) is 18.1. The van der Waals surface area contributed by atoms with E-state index in [0.29, 0.717) is 32.2 Å². The third-order valence-electron chi connectivity index (χ3n) is 3.83. The van der Waals surface area contributed by atoms with Gasteiger partial charge in [-0.25, -0.2) is 0 Å². The molecule has 0 heterocycles. The van der Waals surface area contributed by atoms with Gasteiger partial charge in [0.2, 0.25) is 0 Å². The topological polar surface area (TPSA) is 148 Å². The SMILES string of the molecule is CCO[Si](C)(CCCN)O[Si](C)(OC)O[Si](O)(CCCN)O[Si](C)(O)OC. The molecule has 0 radical (unpaired) electrons. The van der Waals surface area contributed by atoms with Crippen LogP contribution in [0, 0.1) is 0 Å². The lowest BCUT2D eigenvalue weighted by Gasteiger charge is -2.39. The lowest BCUT2D eigenvalue weighted by molar-refractivity contribution is 0.101. The van der Waals surface area contributed by atoms with Gasteiger partial charge in [0.15, 0.2) is 0 Å². The highest BCUT2D eigenvalue weighted by molar-refractivity contribution is 6.83. The molecule has 0 rings (SSSR count). The van der Waals surface area contributed by atoms with Crippen molar-refractivity contribution in [3.05, 3.63) is 0 Å². The van der Waals surface area contributed by atoms with E-state index < -0.39 is 35.0 Å². The Morgan fingerprint density at radius 2 is 1.37 bits per heavy atom. The Hall–Kier alpha value is 0.468. The largest absolute Gasteiger partial charge is 0.487 e. The van der Waals surface area contributed by atoms with E-state index in [4.69, 9.17) is 37.1 Å². The van der Waals surface area contributed by atoms with E-state index in [2.05, 4.69) is 0 Å². The zero-order chi connectivity index (χ0) is 21.2. The van der Waals surface area contributed by atoms with Gasteiger partial charge in [-0.05, 0) is 45.4 Å². The fraction of sp³-hybridized carbons (Fsp3) is 1.00. The maximum atomic E-state index is 11.0. The van der Waals surface area contributed by atoms with Crippen molar-refractivity contribution in [2.75, 3.05) is 33.9 Å². The molecule has 6 N–H and O–H groups in total. The first-order chi connectivity index (χ1) is 12.4. The Morgan fingerprint density at radius 3 is 1.81 bits per heavy atom. The molecule has 0 bridgehead atoms. The van der Waals surface area contributed by atoms with Crippen molar-refractivity contribution in [2.24, 2.45) is 11.5 Å². The van der Waals surface area contributed by atoms with Crippen molar-refractivity contribution in [3.8, 4) is 0 Å². The van der Waals surface area contributed by atoms with Crippen LogP contribution in [0.15, 0.2) is 0 Å². The van der Waals surface area contributed by atoms with Crippen LogP contribution in [0.5, 0.6) is 0 Å². The molecule has 14 heteroatoms. The minimum Gasteiger partial charge on any atom is -0.395 e. The highest BCUT2D eigenvalue weighted by Gasteiger charge is 2.55. The van der Waals surface area contributed by atoms with E-state index >= 15 is 0 Å². The fourth-order valence-electron chi connectivity index (χ4n) is 2.45. The van der Waals surface area contributed by atoms with E-state index in [1.54, 1.807) is 6.55 Å². The number of hydrogen-bond donors (Lipinski definition) is 4. The van der Waals surface area contributed by atoms with Crippen molar-refractivity contribution in [1.82, 2.24) is 0 Å². The summed E-state index contributed by atoms with van der Waals surface area (Å²) < 4.78 is 34.2. The predicted molar refractivity (Wildman–Crippen MR) is 111 cm³/mol. The van der Waals surface area contributed by atoms with Crippen molar-refractivity contribution in [3.63, 3.8) is 0 Å². The van der Waals surface area contributed by atoms with Gasteiger partial charge >= 0.3 is 35.0 Å². The van der Waals surface area contributed by atoms with Gasteiger partial charge in [-0.3, -0.25) is 0 Å². The van der Waals surface area contributed by atoms with Gasteiger partial charge in [-0.15, -0.1) is 0 Å². The molecule has 0 amide bonds. The smallest absolute Gasteiger partial charge is 0.395 e. The van der Waals surface area contributed by atoms with Crippen LogP contribution < -0.4 is 11.5 Å². The van der Waals surface area contributed by atoms with E-state index in [1.807, 2.05) is 13.5 Å². The molecule has 0 aromatic carbocycles. The molecular weight excluding hydrogens is 424 g/mol. The van der Waals surface area contributed by atoms with Crippen LogP contribution >= 0.6 is 0 Å². The second kappa shape index (κ2) is 12.2. The molecule has 0 saturated carbocycles. The van der Waals surface area contributed by atoms with Gasteiger partial charge in [0.1, 0.15) is 0 Å². The molecule has 10 nitrogen and oxygen atoms in total. The number of nitrogens with two attached hydrogens (primary N) is 2. The maximum Gasteiger partial charge on any atom is 0.487 e. The van der Waals surface area contributed by atoms with Gasteiger partial charge in [0.25, 0.3) is 0 Å². The first kappa shape index (κ1) is 27.5. The van der Waals surface area contributed by atoms with Gasteiger partial charge in [0, 0.05) is 40.0 Å². The Balaban J connectivity index is 5.50. The summed E-state index contributed by atoms with van der Waals surface area (Å²) in [6, 6.07) is 0.821. The molecule has 0 aromatic heterocycles. The Labute approximate surface area is 167 Å². The number of hydrogen-bond acceptors (Lipinski definition) is 10. The molecule has 0 fully saturated rings. The van der Waals surface area contributed by atoms with Crippen LogP contribution in [0.2, 0.25) is 31.7 Å². The van der Waals surface area contributed by atoms with Crippen LogP contribution in [0.4, 0.5) is 0 Å². The van der Waals surface area contributed by atoms with Crippen molar-refractivity contribution in [2.45, 2.75) is 51.5 Å². The first-order valence-electron chi connectivity index (χ1n) is 9.12. The van der Waals surface area contributed by atoms with Crippen molar-refractivity contribution < 1.29 is 35.2 Å². The summed E-state index contributed by atoms with van der Waals surface area (Å²) in [7, 11) is -10.6. The van der Waals surface area contributed by atoms with Gasteiger partial charge in [-0.1, -0.05) is 0 Å². The summed E-state index contributed by atoms with van der Waals surface area (Å²) >= 11 is 0. The second-order valence-electron chi connectivity index (χ2n) is 6.54. The summed E-state index contributed by atoms with van der Waals surface area (Å²) in [6.45, 7) is 8.23. The third kappa shape index (κ3) is 10.7. The van der Waals surface area contributed by atoms with Gasteiger partial charge in [-0.2, -0.15) is 0 Å². The summed E-state index contributed by atoms with van der Waals surface area (Å²) in [5.41, 5.74) is 11.2. The van der Waals surface area contributed by atoms with E-state index in [9.17, 15) is 9.59 Å². The molecule has 0 saturated heterocycles. The quantitative estimate of drug-likeness (QED) is 0.234. The highest BCUT2D eigenvalue weighted by atomic mass is 28.5. The average molecular weight is 463 g/mol. The summed E-state index contributed by atoms with van der Waals surface area (Å²) in [4.78, 5) is 21.3. The summed E-state index contributed by atoms with van der Waals surface area (Å²) in [5.74, 6) is 0. The molecular formula is C13H38N2O8Si4. The molecule has 0 spiro atoms. The maximum absolute atomic E-state index is 11.0. The highest BCUT2D eigenvalue weighted by Crippen LogP contribution is 2.28. The number of rotatable bonds is 16. The van der Waals surface area contributed by atoms with Crippen LogP contribution in [0.3, 0.4) is 0 Å². The molecule has 27 heavy (non-hydrogen) atoms. The zero-order valence-electron chi connectivity index (χ0n) is 17.4. The molecule has 4 unspecified atom stereocenters. The molecule has 0 aromatic rings. The van der Waals surface area contributed by atoms with Crippen molar-refractivity contribution in [1.29, 1.82) is 0 Å².